The summed E-state index contributed by atoms with van der Waals surface area (Å²) in [7, 11) is 1.90. The molecular weight excluding hydrogens is 402 g/mol. The van der Waals surface area contributed by atoms with Crippen molar-refractivity contribution in [2.75, 3.05) is 36.5 Å². The molecule has 0 atom stereocenters. The fourth-order valence-corrected chi connectivity index (χ4v) is 3.52. The lowest BCUT2D eigenvalue weighted by Crippen LogP contribution is -2.37. The molecule has 9 heteroatoms. The van der Waals surface area contributed by atoms with Gasteiger partial charge in [-0.05, 0) is 30.3 Å². The predicted octanol–water partition coefficient (Wildman–Crippen LogP) is 3.66. The van der Waals surface area contributed by atoms with Crippen molar-refractivity contribution in [2.45, 2.75) is 0 Å². The Morgan fingerprint density at radius 1 is 1.03 bits per heavy atom. The first-order valence-electron chi connectivity index (χ1n) is 9.68. The third-order valence-electron chi connectivity index (χ3n) is 5.02. The van der Waals surface area contributed by atoms with Crippen molar-refractivity contribution in [3.05, 3.63) is 53.8 Å². The summed E-state index contributed by atoms with van der Waals surface area (Å²) in [6, 6.07) is 11.5. The molecule has 0 radical (unpaired) electrons. The van der Waals surface area contributed by atoms with Crippen LogP contribution in [0.3, 0.4) is 0 Å². The molecular formula is C21H20ClN7O. The molecule has 0 unspecified atom stereocenters. The number of hydrogen-bond acceptors (Lipinski definition) is 7. The van der Waals surface area contributed by atoms with E-state index < -0.39 is 0 Å². The first-order valence-corrected chi connectivity index (χ1v) is 10.1. The molecule has 4 heterocycles. The van der Waals surface area contributed by atoms with Crippen LogP contribution in [0, 0.1) is 0 Å². The molecule has 0 amide bonds. The van der Waals surface area contributed by atoms with E-state index in [9.17, 15) is 0 Å². The molecule has 30 heavy (non-hydrogen) atoms. The molecule has 0 saturated carbocycles. The van der Waals surface area contributed by atoms with Crippen molar-refractivity contribution in [2.24, 2.45) is 7.05 Å². The zero-order valence-electron chi connectivity index (χ0n) is 16.4. The molecule has 0 aliphatic carbocycles. The number of nitrogens with zero attached hydrogens (tertiary/aromatic N) is 6. The van der Waals surface area contributed by atoms with Gasteiger partial charge in [0.1, 0.15) is 11.3 Å². The molecule has 1 aliphatic heterocycles. The molecule has 5 rings (SSSR count). The van der Waals surface area contributed by atoms with Gasteiger partial charge in [-0.1, -0.05) is 11.6 Å². The molecule has 0 spiro atoms. The van der Waals surface area contributed by atoms with E-state index >= 15 is 0 Å². The second kappa shape index (κ2) is 7.89. The lowest BCUT2D eigenvalue weighted by Gasteiger charge is -2.27. The number of fused-ring (bicyclic) bond motifs is 1. The smallest absolute Gasteiger partial charge is 0.228 e. The second-order valence-corrected chi connectivity index (χ2v) is 7.50. The number of pyridine rings is 1. The van der Waals surface area contributed by atoms with Crippen LogP contribution in [0.2, 0.25) is 5.02 Å². The molecule has 8 nitrogen and oxygen atoms in total. The van der Waals surface area contributed by atoms with Crippen LogP contribution in [-0.4, -0.2) is 51.0 Å². The summed E-state index contributed by atoms with van der Waals surface area (Å²) in [6.07, 6.45) is 3.58. The first kappa shape index (κ1) is 18.8. The SMILES string of the molecule is Cn1ncc2ncc(-c3cc(Nc4ccc(Cl)cc4)nc(N4CCOCC4)n3)cc21. The summed E-state index contributed by atoms with van der Waals surface area (Å²) >= 11 is 6.01. The van der Waals surface area contributed by atoms with Gasteiger partial charge in [0.15, 0.2) is 0 Å². The van der Waals surface area contributed by atoms with Gasteiger partial charge in [0.25, 0.3) is 0 Å². The Labute approximate surface area is 178 Å². The molecule has 3 aromatic heterocycles. The maximum atomic E-state index is 6.01. The van der Waals surface area contributed by atoms with Crippen LogP contribution in [0.1, 0.15) is 0 Å². The lowest BCUT2D eigenvalue weighted by atomic mass is 10.2. The number of nitrogens with one attached hydrogen (secondary N) is 1. The van der Waals surface area contributed by atoms with E-state index in [1.165, 1.54) is 0 Å². The fourth-order valence-electron chi connectivity index (χ4n) is 3.40. The minimum absolute atomic E-state index is 0.663. The number of hydrogen-bond donors (Lipinski definition) is 1. The van der Waals surface area contributed by atoms with Gasteiger partial charge in [0, 0.05) is 48.7 Å². The molecule has 4 aromatic rings. The summed E-state index contributed by atoms with van der Waals surface area (Å²) in [5, 5.41) is 8.33. The lowest BCUT2D eigenvalue weighted by molar-refractivity contribution is 0.122. The maximum Gasteiger partial charge on any atom is 0.228 e. The maximum absolute atomic E-state index is 6.01. The Balaban J connectivity index is 1.57. The molecule has 1 fully saturated rings. The zero-order chi connectivity index (χ0) is 20.5. The topological polar surface area (TPSA) is 81.0 Å². The van der Waals surface area contributed by atoms with Crippen molar-refractivity contribution in [3.8, 4) is 11.3 Å². The van der Waals surface area contributed by atoms with Gasteiger partial charge >= 0.3 is 0 Å². The van der Waals surface area contributed by atoms with Crippen molar-refractivity contribution >= 4 is 40.1 Å². The molecule has 152 valence electrons. The number of benzene rings is 1. The standard InChI is InChI=1S/C21H20ClN7O/c1-28-19-10-14(12-23-18(19)13-24-28)17-11-20(25-16-4-2-15(22)3-5-16)27-21(26-17)29-6-8-30-9-7-29/h2-5,10-13H,6-9H2,1H3,(H,25,26,27). The van der Waals surface area contributed by atoms with Crippen molar-refractivity contribution in [1.29, 1.82) is 0 Å². The van der Waals surface area contributed by atoms with Gasteiger partial charge < -0.3 is 15.0 Å². The Hall–Kier alpha value is -3.23. The molecule has 1 saturated heterocycles. The van der Waals surface area contributed by atoms with Crippen LogP contribution in [-0.2, 0) is 11.8 Å². The van der Waals surface area contributed by atoms with Crippen molar-refractivity contribution in [1.82, 2.24) is 24.7 Å². The van der Waals surface area contributed by atoms with Crippen LogP contribution < -0.4 is 10.2 Å². The van der Waals surface area contributed by atoms with Crippen LogP contribution in [0.5, 0.6) is 0 Å². The van der Waals surface area contributed by atoms with Crippen LogP contribution in [0.25, 0.3) is 22.3 Å². The summed E-state index contributed by atoms with van der Waals surface area (Å²) in [4.78, 5) is 16.2. The minimum atomic E-state index is 0.663. The molecule has 1 aliphatic rings. The van der Waals surface area contributed by atoms with E-state index in [1.54, 1.807) is 6.20 Å². The van der Waals surface area contributed by atoms with Crippen LogP contribution in [0.4, 0.5) is 17.5 Å². The highest BCUT2D eigenvalue weighted by atomic mass is 35.5. The number of halogens is 1. The number of morpholine rings is 1. The largest absolute Gasteiger partial charge is 0.378 e. The second-order valence-electron chi connectivity index (χ2n) is 7.07. The van der Waals surface area contributed by atoms with Gasteiger partial charge in [-0.15, -0.1) is 0 Å². The molecule has 0 bridgehead atoms. The summed E-state index contributed by atoms with van der Waals surface area (Å²) in [6.45, 7) is 2.83. The monoisotopic (exact) mass is 421 g/mol. The van der Waals surface area contributed by atoms with Gasteiger partial charge in [-0.3, -0.25) is 9.67 Å². The fraction of sp³-hybridized carbons (Fsp3) is 0.238. The highest BCUT2D eigenvalue weighted by molar-refractivity contribution is 6.30. The van der Waals surface area contributed by atoms with E-state index in [-0.39, 0.29) is 0 Å². The first-order chi connectivity index (χ1) is 14.7. The van der Waals surface area contributed by atoms with Gasteiger partial charge in [-0.2, -0.15) is 10.1 Å². The van der Waals surface area contributed by atoms with Gasteiger partial charge in [0.05, 0.1) is 30.6 Å². The number of aryl methyl sites for hydroxylation is 1. The van der Waals surface area contributed by atoms with Crippen LogP contribution >= 0.6 is 11.6 Å². The zero-order valence-corrected chi connectivity index (χ0v) is 17.2. The quantitative estimate of drug-likeness (QED) is 0.538. The normalized spacial score (nSPS) is 14.3. The molecule has 1 aromatic carbocycles. The predicted molar refractivity (Wildman–Crippen MR) is 117 cm³/mol. The van der Waals surface area contributed by atoms with Gasteiger partial charge in [-0.25, -0.2) is 4.98 Å². The summed E-state index contributed by atoms with van der Waals surface area (Å²) in [5.74, 6) is 1.37. The summed E-state index contributed by atoms with van der Waals surface area (Å²) in [5.41, 5.74) is 4.40. The van der Waals surface area contributed by atoms with Gasteiger partial charge in [0.2, 0.25) is 5.95 Å². The Kier molecular flexibility index (Phi) is 4.94. The van der Waals surface area contributed by atoms with E-state index in [4.69, 9.17) is 26.3 Å². The minimum Gasteiger partial charge on any atom is -0.378 e. The number of rotatable bonds is 4. The average molecular weight is 422 g/mol. The van der Waals surface area contributed by atoms with E-state index in [0.717, 1.165) is 41.1 Å². The van der Waals surface area contributed by atoms with Crippen molar-refractivity contribution in [3.63, 3.8) is 0 Å². The highest BCUT2D eigenvalue weighted by Gasteiger charge is 2.17. The van der Waals surface area contributed by atoms with Crippen molar-refractivity contribution < 1.29 is 4.74 Å². The van der Waals surface area contributed by atoms with Crippen LogP contribution in [0.15, 0.2) is 48.8 Å². The number of aromatic nitrogens is 5. The van der Waals surface area contributed by atoms with E-state index in [1.807, 2.05) is 54.3 Å². The Morgan fingerprint density at radius 2 is 1.83 bits per heavy atom. The average Bonchev–Trinajstić information content (AvgIpc) is 3.16. The third kappa shape index (κ3) is 3.79. The van der Waals surface area contributed by atoms with E-state index in [0.29, 0.717) is 30.0 Å². The van der Waals surface area contributed by atoms with E-state index in [2.05, 4.69) is 20.3 Å². The third-order valence-corrected chi connectivity index (χ3v) is 5.27. The Morgan fingerprint density at radius 3 is 2.63 bits per heavy atom. The summed E-state index contributed by atoms with van der Waals surface area (Å²) < 4.78 is 7.29. The number of ether oxygens (including phenoxy) is 1. The Bertz CT molecular complexity index is 1190. The molecule has 1 N–H and O–H groups in total. The number of anilines is 3. The highest BCUT2D eigenvalue weighted by Crippen LogP contribution is 2.27.